The van der Waals surface area contributed by atoms with Crippen LogP contribution in [0.4, 0.5) is 0 Å². The van der Waals surface area contributed by atoms with Crippen LogP contribution in [0.5, 0.6) is 0 Å². The first-order valence-electron chi connectivity index (χ1n) is 3.46. The molecule has 0 fully saturated rings. The molecule has 0 saturated heterocycles. The predicted molar refractivity (Wildman–Crippen MR) is 51.2 cm³/mol. The lowest BCUT2D eigenvalue weighted by atomic mass is 10.00. The Morgan fingerprint density at radius 3 is 1.80 bits per heavy atom. The number of rotatable bonds is 4. The maximum atomic E-state index is 3.70. The number of allylic oxidation sites excluding steroid dienone is 1. The van der Waals surface area contributed by atoms with Gasteiger partial charge >= 0.3 is 0 Å². The van der Waals surface area contributed by atoms with E-state index in [1.165, 1.54) is 19.3 Å². The largest absolute Gasteiger partial charge is 0.344 e. The van der Waals surface area contributed by atoms with E-state index in [9.17, 15) is 0 Å². The van der Waals surface area contributed by atoms with Crippen molar-refractivity contribution in [2.75, 3.05) is 0 Å². The van der Waals surface area contributed by atoms with Crippen molar-refractivity contribution >= 4 is 12.4 Å². The van der Waals surface area contributed by atoms with Crippen molar-refractivity contribution in [2.45, 2.75) is 33.1 Å². The molecule has 0 saturated carbocycles. The van der Waals surface area contributed by atoms with Gasteiger partial charge in [0.05, 0.1) is 0 Å². The lowest BCUT2D eigenvalue weighted by molar-refractivity contribution is 0.500. The van der Waals surface area contributed by atoms with E-state index in [-0.39, 0.29) is 18.6 Å². The highest BCUT2D eigenvalue weighted by atomic mass is 35.5. The summed E-state index contributed by atoms with van der Waals surface area (Å²) in [4.78, 5) is 0. The topological polar surface area (TPSA) is 35.0 Å². The van der Waals surface area contributed by atoms with Crippen LogP contribution in [0.25, 0.3) is 0 Å². The van der Waals surface area contributed by atoms with Crippen LogP contribution in [0.15, 0.2) is 12.7 Å². The number of hydrogen-bond acceptors (Lipinski definition) is 1. The van der Waals surface area contributed by atoms with Crippen molar-refractivity contribution in [3.63, 3.8) is 0 Å². The third-order valence-electron chi connectivity index (χ3n) is 1.65. The Hall–Kier alpha value is -0.0100. The molecule has 0 radical (unpaired) electrons. The molecule has 3 N–H and O–H groups in total. The molecule has 0 aromatic carbocycles. The maximum absolute atomic E-state index is 3.70. The van der Waals surface area contributed by atoms with Gasteiger partial charge in [0.1, 0.15) is 0 Å². The molecule has 10 heavy (non-hydrogen) atoms. The van der Waals surface area contributed by atoms with Gasteiger partial charge in [-0.1, -0.05) is 32.8 Å². The van der Waals surface area contributed by atoms with Gasteiger partial charge in [-0.05, 0) is 12.3 Å². The second-order valence-electron chi connectivity index (χ2n) is 2.21. The van der Waals surface area contributed by atoms with Crippen LogP contribution >= 0.6 is 12.4 Å². The Balaban J connectivity index is -0.000000245. The van der Waals surface area contributed by atoms with Gasteiger partial charge in [-0.25, -0.2) is 0 Å². The molecule has 0 heterocycles. The summed E-state index contributed by atoms with van der Waals surface area (Å²) < 4.78 is 0. The highest BCUT2D eigenvalue weighted by molar-refractivity contribution is 5.85. The van der Waals surface area contributed by atoms with Crippen LogP contribution in [0.2, 0.25) is 0 Å². The summed E-state index contributed by atoms with van der Waals surface area (Å²) in [5.41, 5.74) is 0. The van der Waals surface area contributed by atoms with Crippen molar-refractivity contribution in [3.05, 3.63) is 12.7 Å². The third-order valence-corrected chi connectivity index (χ3v) is 1.65. The fourth-order valence-corrected chi connectivity index (χ4v) is 0.858. The fourth-order valence-electron chi connectivity index (χ4n) is 0.858. The Morgan fingerprint density at radius 2 is 1.70 bits per heavy atom. The minimum atomic E-state index is 0. The maximum Gasteiger partial charge on any atom is -0.0325 e. The van der Waals surface area contributed by atoms with Crippen LogP contribution < -0.4 is 6.15 Å². The van der Waals surface area contributed by atoms with Crippen molar-refractivity contribution in [3.8, 4) is 0 Å². The van der Waals surface area contributed by atoms with Crippen LogP contribution in [-0.4, -0.2) is 0 Å². The van der Waals surface area contributed by atoms with Gasteiger partial charge in [0.15, 0.2) is 0 Å². The van der Waals surface area contributed by atoms with Gasteiger partial charge in [-0.15, -0.1) is 19.0 Å². The van der Waals surface area contributed by atoms with Gasteiger partial charge < -0.3 is 6.15 Å². The number of halogens is 1. The van der Waals surface area contributed by atoms with Gasteiger partial charge in [0.25, 0.3) is 0 Å². The molecule has 0 atom stereocenters. The van der Waals surface area contributed by atoms with Gasteiger partial charge in [0, 0.05) is 0 Å². The molecule has 0 rings (SSSR count). The minimum absolute atomic E-state index is 0. The average Bonchev–Trinajstić information content (AvgIpc) is 1.83. The summed E-state index contributed by atoms with van der Waals surface area (Å²) in [6.45, 7) is 8.16. The smallest absolute Gasteiger partial charge is 0.0325 e. The molecule has 0 aromatic rings. The molecule has 1 nitrogen and oxygen atoms in total. The first-order chi connectivity index (χ1) is 3.85. The van der Waals surface area contributed by atoms with E-state index in [4.69, 9.17) is 0 Å². The van der Waals surface area contributed by atoms with E-state index in [0.717, 1.165) is 5.92 Å². The highest BCUT2D eigenvalue weighted by Gasteiger charge is 1.97. The van der Waals surface area contributed by atoms with E-state index in [0.29, 0.717) is 0 Å². The van der Waals surface area contributed by atoms with Crippen LogP contribution in [0.3, 0.4) is 0 Å². The average molecular weight is 166 g/mol. The predicted octanol–water partition coefficient (Wildman–Crippen LogP) is 3.58. The fraction of sp³-hybridized carbons (Fsp3) is 0.750. The molecule has 0 spiro atoms. The molecule has 0 unspecified atom stereocenters. The standard InChI is InChI=1S/C8H16.ClH.H3N/c1-4-7-8(5-2)6-3;;/h4,8H,1,5-7H2,2-3H3;1H;1H3. The van der Waals surface area contributed by atoms with Crippen molar-refractivity contribution in [1.29, 1.82) is 0 Å². The molecule has 64 valence electrons. The Labute approximate surface area is 70.9 Å². The quantitative estimate of drug-likeness (QED) is 0.635. The Bertz CT molecular complexity index is 60.3. The highest BCUT2D eigenvalue weighted by Crippen LogP contribution is 2.11. The first kappa shape index (κ1) is 16.5. The van der Waals surface area contributed by atoms with E-state index in [1.807, 2.05) is 6.08 Å². The second-order valence-corrected chi connectivity index (χ2v) is 2.21. The van der Waals surface area contributed by atoms with Crippen molar-refractivity contribution < 1.29 is 0 Å². The van der Waals surface area contributed by atoms with Crippen LogP contribution in [-0.2, 0) is 0 Å². The molecule has 0 aliphatic rings. The van der Waals surface area contributed by atoms with E-state index >= 15 is 0 Å². The normalized spacial score (nSPS) is 7.90. The Morgan fingerprint density at radius 1 is 1.30 bits per heavy atom. The second kappa shape index (κ2) is 11.7. The summed E-state index contributed by atoms with van der Waals surface area (Å²) in [5.74, 6) is 0.882. The van der Waals surface area contributed by atoms with Gasteiger partial charge in [-0.2, -0.15) is 0 Å². The molecule has 0 aromatic heterocycles. The summed E-state index contributed by atoms with van der Waals surface area (Å²) in [6, 6.07) is 0. The minimum Gasteiger partial charge on any atom is -0.344 e. The lowest BCUT2D eigenvalue weighted by Crippen LogP contribution is -1.92. The lowest BCUT2D eigenvalue weighted by Gasteiger charge is -2.06. The molecule has 2 heteroatoms. The molecule has 0 aliphatic heterocycles. The van der Waals surface area contributed by atoms with Crippen LogP contribution in [0.1, 0.15) is 33.1 Å². The van der Waals surface area contributed by atoms with E-state index in [1.54, 1.807) is 0 Å². The summed E-state index contributed by atoms with van der Waals surface area (Å²) in [5, 5.41) is 0. The zero-order chi connectivity index (χ0) is 6.41. The van der Waals surface area contributed by atoms with Crippen molar-refractivity contribution in [2.24, 2.45) is 5.92 Å². The summed E-state index contributed by atoms with van der Waals surface area (Å²) in [6.07, 6.45) is 5.79. The molecular weight excluding hydrogens is 146 g/mol. The van der Waals surface area contributed by atoms with Gasteiger partial charge in [-0.3, -0.25) is 0 Å². The van der Waals surface area contributed by atoms with Gasteiger partial charge in [0.2, 0.25) is 0 Å². The monoisotopic (exact) mass is 165 g/mol. The molecular formula is C8H20ClN. The Kier molecular flexibility index (Phi) is 19.4. The SMILES string of the molecule is C=CCC(CC)CC.Cl.N. The summed E-state index contributed by atoms with van der Waals surface area (Å²) in [7, 11) is 0. The van der Waals surface area contributed by atoms with E-state index < -0.39 is 0 Å². The molecule has 0 bridgehead atoms. The third kappa shape index (κ3) is 7.99. The summed E-state index contributed by atoms with van der Waals surface area (Å²) >= 11 is 0. The first-order valence-corrected chi connectivity index (χ1v) is 3.46. The van der Waals surface area contributed by atoms with E-state index in [2.05, 4.69) is 20.4 Å². The molecule has 0 amide bonds. The van der Waals surface area contributed by atoms with Crippen molar-refractivity contribution in [1.82, 2.24) is 6.15 Å². The van der Waals surface area contributed by atoms with Crippen LogP contribution in [0, 0.1) is 5.92 Å². The molecule has 0 aliphatic carbocycles. The zero-order valence-electron chi connectivity index (χ0n) is 7.10. The number of hydrogen-bond donors (Lipinski definition) is 1. The zero-order valence-corrected chi connectivity index (χ0v) is 7.91.